The zero-order valence-electron chi connectivity index (χ0n) is 16.4. The van der Waals surface area contributed by atoms with Crippen molar-refractivity contribution in [3.8, 4) is 0 Å². The molecule has 0 saturated carbocycles. The Morgan fingerprint density at radius 2 is 1.42 bits per heavy atom. The maximum atomic E-state index is 11.3. The van der Waals surface area contributed by atoms with Crippen LogP contribution in [0, 0.1) is 0 Å². The number of carbonyl (C=O) groups excluding carboxylic acids is 2. The van der Waals surface area contributed by atoms with Crippen molar-refractivity contribution in [3.05, 3.63) is 64.4 Å². The molecule has 10 heteroatoms. The van der Waals surface area contributed by atoms with Crippen molar-refractivity contribution in [3.63, 3.8) is 0 Å². The molecule has 4 aromatic rings. The van der Waals surface area contributed by atoms with E-state index in [1.807, 2.05) is 6.07 Å². The summed E-state index contributed by atoms with van der Waals surface area (Å²) in [5, 5.41) is 10.4. The number of esters is 2. The Hall–Kier alpha value is -3.63. The molecule has 0 aliphatic rings. The van der Waals surface area contributed by atoms with Crippen molar-refractivity contribution in [1.29, 1.82) is 0 Å². The highest BCUT2D eigenvalue weighted by atomic mass is 32.1. The average Bonchev–Trinajstić information content (AvgIpc) is 3.42. The van der Waals surface area contributed by atoms with Gasteiger partial charge in [0.25, 0.3) is 0 Å². The van der Waals surface area contributed by atoms with Crippen LogP contribution in [-0.4, -0.2) is 47.2 Å². The van der Waals surface area contributed by atoms with Crippen molar-refractivity contribution in [2.45, 2.75) is 0 Å². The maximum absolute atomic E-state index is 11.3. The van der Waals surface area contributed by atoms with Gasteiger partial charge in [-0.05, 0) is 12.1 Å². The molecule has 0 spiro atoms. The number of hydrogen-bond acceptors (Lipinski definition) is 9. The number of nitrogens with zero attached hydrogens (tertiary/aromatic N) is 2. The van der Waals surface area contributed by atoms with E-state index in [0.29, 0.717) is 19.8 Å². The SMILES string of the molecule is C=Cc1cncc2sc(C(=O)OC)cc12.COC(=O)c1cc2c(C(=O)O)cncc2s1. The molecule has 31 heavy (non-hydrogen) atoms. The molecule has 4 heterocycles. The van der Waals surface area contributed by atoms with E-state index in [0.717, 1.165) is 27.0 Å². The molecule has 0 amide bonds. The minimum Gasteiger partial charge on any atom is -0.478 e. The standard InChI is InChI=1S/C11H9NO2S.C10H7NO4S/c1-3-7-5-12-6-10-8(7)4-9(15-10)11(13)14-2;1-15-10(14)7-2-5-6(9(12)13)3-11-4-8(5)16-7/h3-6H,1H2,2H3;2-4H,1H3,(H,12,13). The zero-order chi connectivity index (χ0) is 22.5. The highest BCUT2D eigenvalue weighted by molar-refractivity contribution is 7.21. The van der Waals surface area contributed by atoms with E-state index in [-0.39, 0.29) is 11.5 Å². The first-order valence-corrected chi connectivity index (χ1v) is 10.3. The summed E-state index contributed by atoms with van der Waals surface area (Å²) in [5.41, 5.74) is 1.02. The lowest BCUT2D eigenvalue weighted by atomic mass is 10.2. The van der Waals surface area contributed by atoms with Crippen LogP contribution in [0.3, 0.4) is 0 Å². The van der Waals surface area contributed by atoms with Gasteiger partial charge in [0.2, 0.25) is 0 Å². The van der Waals surface area contributed by atoms with Gasteiger partial charge in [0.1, 0.15) is 9.75 Å². The van der Waals surface area contributed by atoms with Gasteiger partial charge < -0.3 is 14.6 Å². The number of aromatic nitrogens is 2. The third kappa shape index (κ3) is 4.60. The molecule has 0 radical (unpaired) electrons. The molecule has 4 aromatic heterocycles. The third-order valence-electron chi connectivity index (χ3n) is 4.15. The van der Waals surface area contributed by atoms with Crippen LogP contribution in [0.15, 0.2) is 43.5 Å². The van der Waals surface area contributed by atoms with Crippen LogP contribution < -0.4 is 0 Å². The first-order valence-electron chi connectivity index (χ1n) is 8.67. The molecule has 4 rings (SSSR count). The summed E-state index contributed by atoms with van der Waals surface area (Å²) >= 11 is 2.54. The molecule has 0 unspecified atom stereocenters. The van der Waals surface area contributed by atoms with Gasteiger partial charge in [-0.15, -0.1) is 22.7 Å². The number of ether oxygens (including phenoxy) is 2. The van der Waals surface area contributed by atoms with Crippen molar-refractivity contribution >= 4 is 66.8 Å². The molecular weight excluding hydrogens is 440 g/mol. The number of carboxylic acid groups (broad SMARTS) is 1. The fraction of sp³-hybridized carbons (Fsp3) is 0.0952. The normalized spacial score (nSPS) is 10.3. The smallest absolute Gasteiger partial charge is 0.348 e. The van der Waals surface area contributed by atoms with Gasteiger partial charge in [-0.25, -0.2) is 14.4 Å². The monoisotopic (exact) mass is 456 g/mol. The molecule has 8 nitrogen and oxygen atoms in total. The summed E-state index contributed by atoms with van der Waals surface area (Å²) in [7, 11) is 2.66. The number of hydrogen-bond donors (Lipinski definition) is 1. The Balaban J connectivity index is 0.000000176. The van der Waals surface area contributed by atoms with Gasteiger partial charge in [0.15, 0.2) is 0 Å². The van der Waals surface area contributed by atoms with Crippen LogP contribution in [0.25, 0.3) is 26.2 Å². The van der Waals surface area contributed by atoms with Gasteiger partial charge in [0, 0.05) is 41.1 Å². The molecule has 1 N–H and O–H groups in total. The summed E-state index contributed by atoms with van der Waals surface area (Å²) < 4.78 is 10.9. The lowest BCUT2D eigenvalue weighted by Crippen LogP contribution is -1.98. The molecule has 0 fully saturated rings. The molecule has 0 aromatic carbocycles. The van der Waals surface area contributed by atoms with Gasteiger partial charge in [-0.1, -0.05) is 12.7 Å². The minimum absolute atomic E-state index is 0.0869. The number of carbonyl (C=O) groups is 3. The maximum Gasteiger partial charge on any atom is 0.348 e. The van der Waals surface area contributed by atoms with Gasteiger partial charge in [-0.3, -0.25) is 9.97 Å². The molecular formula is C21H16N2O6S2. The van der Waals surface area contributed by atoms with Crippen LogP contribution in [0.5, 0.6) is 0 Å². The number of aromatic carboxylic acids is 1. The average molecular weight is 457 g/mol. The van der Waals surface area contributed by atoms with Crippen molar-refractivity contribution in [2.75, 3.05) is 14.2 Å². The molecule has 158 valence electrons. The number of carboxylic acids is 1. The predicted molar refractivity (Wildman–Crippen MR) is 119 cm³/mol. The van der Waals surface area contributed by atoms with Crippen molar-refractivity contribution in [2.24, 2.45) is 0 Å². The van der Waals surface area contributed by atoms with Crippen LogP contribution in [-0.2, 0) is 9.47 Å². The van der Waals surface area contributed by atoms with E-state index in [1.54, 1.807) is 18.5 Å². The molecule has 0 bridgehead atoms. The molecule has 0 atom stereocenters. The lowest BCUT2D eigenvalue weighted by Gasteiger charge is -1.94. The van der Waals surface area contributed by atoms with E-state index >= 15 is 0 Å². The summed E-state index contributed by atoms with van der Waals surface area (Å²) in [4.78, 5) is 42.4. The fourth-order valence-electron chi connectivity index (χ4n) is 2.68. The van der Waals surface area contributed by atoms with Gasteiger partial charge >= 0.3 is 17.9 Å². The Morgan fingerprint density at radius 3 is 1.94 bits per heavy atom. The highest BCUT2D eigenvalue weighted by Gasteiger charge is 2.16. The number of rotatable bonds is 4. The van der Waals surface area contributed by atoms with E-state index < -0.39 is 11.9 Å². The fourth-order valence-corrected chi connectivity index (χ4v) is 4.63. The Labute approximate surface area is 184 Å². The first-order chi connectivity index (χ1) is 14.9. The van der Waals surface area contributed by atoms with Crippen LogP contribution >= 0.6 is 22.7 Å². The second kappa shape index (κ2) is 9.45. The Kier molecular flexibility index (Phi) is 6.73. The van der Waals surface area contributed by atoms with E-state index in [2.05, 4.69) is 26.0 Å². The first kappa shape index (κ1) is 22.1. The van der Waals surface area contributed by atoms with Crippen LogP contribution in [0.4, 0.5) is 0 Å². The second-order valence-electron chi connectivity index (χ2n) is 5.95. The summed E-state index contributed by atoms with van der Waals surface area (Å²) in [6, 6.07) is 3.32. The van der Waals surface area contributed by atoms with E-state index in [1.165, 1.54) is 44.0 Å². The summed E-state index contributed by atoms with van der Waals surface area (Å²) in [5.74, 6) is -1.85. The lowest BCUT2D eigenvalue weighted by molar-refractivity contribution is 0.0597. The predicted octanol–water partition coefficient (Wildman–Crippen LogP) is 4.51. The second-order valence-corrected chi connectivity index (χ2v) is 8.12. The largest absolute Gasteiger partial charge is 0.478 e. The number of thiophene rings is 2. The number of pyridine rings is 2. The Morgan fingerprint density at radius 1 is 0.903 bits per heavy atom. The van der Waals surface area contributed by atoms with E-state index in [4.69, 9.17) is 5.11 Å². The number of fused-ring (bicyclic) bond motifs is 2. The summed E-state index contributed by atoms with van der Waals surface area (Å²) in [6.45, 7) is 3.70. The topological polar surface area (TPSA) is 116 Å². The molecule has 0 aliphatic carbocycles. The van der Waals surface area contributed by atoms with Crippen LogP contribution in [0.1, 0.15) is 35.3 Å². The van der Waals surface area contributed by atoms with Crippen LogP contribution in [0.2, 0.25) is 0 Å². The quantitative estimate of drug-likeness (QED) is 0.446. The van der Waals surface area contributed by atoms with Gasteiger partial charge in [0.05, 0.1) is 29.2 Å². The Bertz CT molecular complexity index is 1310. The van der Waals surface area contributed by atoms with Crippen molar-refractivity contribution in [1.82, 2.24) is 9.97 Å². The van der Waals surface area contributed by atoms with E-state index in [9.17, 15) is 14.4 Å². The third-order valence-corrected chi connectivity index (χ3v) is 6.25. The van der Waals surface area contributed by atoms with Crippen molar-refractivity contribution < 1.29 is 29.0 Å². The van der Waals surface area contributed by atoms with Gasteiger partial charge in [-0.2, -0.15) is 0 Å². The molecule has 0 saturated heterocycles. The summed E-state index contributed by atoms with van der Waals surface area (Å²) in [6.07, 6.45) is 7.98. The zero-order valence-corrected chi connectivity index (χ0v) is 18.1. The number of methoxy groups -OCH3 is 2. The highest BCUT2D eigenvalue weighted by Crippen LogP contribution is 2.29. The molecule has 0 aliphatic heterocycles. The minimum atomic E-state index is -1.06.